The van der Waals surface area contributed by atoms with Gasteiger partial charge < -0.3 is 10.6 Å². The van der Waals surface area contributed by atoms with Gasteiger partial charge in [0.15, 0.2) is 0 Å². The monoisotopic (exact) mass is 393 g/mol. The SMILES string of the molecule is CC[C@@H](C)c1ccc(NC(=O)CN2C(=O)N[C@@H](CCc3ccccc3)C2=O)cc1. The quantitative estimate of drug-likeness (QED) is 0.672. The number of carbonyl (C=O) groups excluding carboxylic acids is 3. The predicted molar refractivity (Wildman–Crippen MR) is 113 cm³/mol. The van der Waals surface area contributed by atoms with Crippen molar-refractivity contribution in [3.05, 3.63) is 65.7 Å². The van der Waals surface area contributed by atoms with Gasteiger partial charge in [-0.05, 0) is 48.4 Å². The molecular formula is C23H27N3O3. The highest BCUT2D eigenvalue weighted by Gasteiger charge is 2.38. The maximum absolute atomic E-state index is 12.5. The molecule has 1 fully saturated rings. The van der Waals surface area contributed by atoms with Gasteiger partial charge in [0.25, 0.3) is 5.91 Å². The van der Waals surface area contributed by atoms with E-state index < -0.39 is 18.0 Å². The second-order valence-electron chi connectivity index (χ2n) is 7.43. The summed E-state index contributed by atoms with van der Waals surface area (Å²) >= 11 is 0. The van der Waals surface area contributed by atoms with Crippen LogP contribution >= 0.6 is 0 Å². The maximum atomic E-state index is 12.5. The van der Waals surface area contributed by atoms with E-state index in [2.05, 4.69) is 24.5 Å². The number of hydrogen-bond acceptors (Lipinski definition) is 3. The molecule has 0 aromatic heterocycles. The van der Waals surface area contributed by atoms with Gasteiger partial charge in [-0.2, -0.15) is 0 Å². The Morgan fingerprint density at radius 2 is 1.79 bits per heavy atom. The summed E-state index contributed by atoms with van der Waals surface area (Å²) in [5.41, 5.74) is 2.96. The van der Waals surface area contributed by atoms with Crippen molar-refractivity contribution in [3.8, 4) is 0 Å². The molecule has 2 N–H and O–H groups in total. The molecule has 0 radical (unpaired) electrons. The van der Waals surface area contributed by atoms with E-state index >= 15 is 0 Å². The van der Waals surface area contributed by atoms with Gasteiger partial charge in [0.2, 0.25) is 5.91 Å². The van der Waals surface area contributed by atoms with Crippen LogP contribution in [0.5, 0.6) is 0 Å². The minimum atomic E-state index is -0.592. The lowest BCUT2D eigenvalue weighted by Gasteiger charge is -2.14. The highest BCUT2D eigenvalue weighted by molar-refractivity contribution is 6.07. The fraction of sp³-hybridized carbons (Fsp3) is 0.348. The van der Waals surface area contributed by atoms with Crippen LogP contribution in [0.1, 0.15) is 43.7 Å². The number of rotatable bonds is 8. The van der Waals surface area contributed by atoms with Gasteiger partial charge in [0, 0.05) is 5.69 Å². The summed E-state index contributed by atoms with van der Waals surface area (Å²) in [5, 5.41) is 5.43. The number of urea groups is 1. The van der Waals surface area contributed by atoms with Crippen molar-refractivity contribution in [1.82, 2.24) is 10.2 Å². The summed E-state index contributed by atoms with van der Waals surface area (Å²) < 4.78 is 0. The van der Waals surface area contributed by atoms with Gasteiger partial charge >= 0.3 is 6.03 Å². The van der Waals surface area contributed by atoms with Crippen LogP contribution in [0.4, 0.5) is 10.5 Å². The van der Waals surface area contributed by atoms with Crippen molar-refractivity contribution >= 4 is 23.5 Å². The van der Waals surface area contributed by atoms with Gasteiger partial charge in [0.05, 0.1) is 0 Å². The van der Waals surface area contributed by atoms with Crippen LogP contribution in [0.25, 0.3) is 0 Å². The number of amides is 4. The number of nitrogens with zero attached hydrogens (tertiary/aromatic N) is 1. The van der Waals surface area contributed by atoms with E-state index in [0.717, 1.165) is 16.9 Å². The maximum Gasteiger partial charge on any atom is 0.325 e. The van der Waals surface area contributed by atoms with Gasteiger partial charge in [-0.15, -0.1) is 0 Å². The third-order valence-corrected chi connectivity index (χ3v) is 5.35. The Labute approximate surface area is 171 Å². The molecule has 2 atom stereocenters. The molecule has 4 amide bonds. The molecule has 0 unspecified atom stereocenters. The fourth-order valence-electron chi connectivity index (χ4n) is 3.35. The summed E-state index contributed by atoms with van der Waals surface area (Å²) in [7, 11) is 0. The summed E-state index contributed by atoms with van der Waals surface area (Å²) in [6, 6.07) is 16.3. The highest BCUT2D eigenvalue weighted by atomic mass is 16.2. The lowest BCUT2D eigenvalue weighted by Crippen LogP contribution is -2.38. The molecule has 0 aliphatic carbocycles. The second-order valence-corrected chi connectivity index (χ2v) is 7.43. The van der Waals surface area contributed by atoms with E-state index in [1.54, 1.807) is 0 Å². The number of imide groups is 1. The van der Waals surface area contributed by atoms with E-state index in [9.17, 15) is 14.4 Å². The standard InChI is InChI=1S/C23H27N3O3/c1-3-16(2)18-10-12-19(13-11-18)24-21(27)15-26-22(28)20(25-23(26)29)14-9-17-7-5-4-6-8-17/h4-8,10-13,16,20H,3,9,14-15H2,1-2H3,(H,24,27)(H,25,29)/t16-,20+/m1/s1. The Kier molecular flexibility index (Phi) is 6.65. The van der Waals surface area contributed by atoms with Crippen molar-refractivity contribution < 1.29 is 14.4 Å². The van der Waals surface area contributed by atoms with E-state index in [-0.39, 0.29) is 12.5 Å². The number of carbonyl (C=O) groups is 3. The number of anilines is 1. The number of benzene rings is 2. The first kappa shape index (κ1) is 20.6. The normalized spacial score (nSPS) is 17.2. The third kappa shape index (κ3) is 5.22. The molecule has 6 nitrogen and oxygen atoms in total. The molecule has 1 heterocycles. The molecule has 2 aromatic rings. The first-order chi connectivity index (χ1) is 14.0. The summed E-state index contributed by atoms with van der Waals surface area (Å²) in [6.07, 6.45) is 2.23. The van der Waals surface area contributed by atoms with Crippen LogP contribution in [-0.4, -0.2) is 35.3 Å². The summed E-state index contributed by atoms with van der Waals surface area (Å²) in [4.78, 5) is 38.0. The van der Waals surface area contributed by atoms with Crippen LogP contribution in [0, 0.1) is 0 Å². The molecule has 0 saturated carbocycles. The number of nitrogens with one attached hydrogen (secondary N) is 2. The summed E-state index contributed by atoms with van der Waals surface area (Å²) in [6.45, 7) is 3.99. The van der Waals surface area contributed by atoms with Crippen molar-refractivity contribution in [2.24, 2.45) is 0 Å². The van der Waals surface area contributed by atoms with Gasteiger partial charge in [-0.25, -0.2) is 4.79 Å². The van der Waals surface area contributed by atoms with Crippen LogP contribution in [0.15, 0.2) is 54.6 Å². The Morgan fingerprint density at radius 3 is 2.45 bits per heavy atom. The van der Waals surface area contributed by atoms with Gasteiger partial charge in [-0.3, -0.25) is 14.5 Å². The molecule has 1 aliphatic rings. The highest BCUT2D eigenvalue weighted by Crippen LogP contribution is 2.20. The topological polar surface area (TPSA) is 78.5 Å². The zero-order valence-corrected chi connectivity index (χ0v) is 16.9. The molecule has 3 rings (SSSR count). The number of hydrogen-bond donors (Lipinski definition) is 2. The van der Waals surface area contributed by atoms with Crippen LogP contribution in [0.2, 0.25) is 0 Å². The zero-order chi connectivity index (χ0) is 20.8. The molecule has 2 aromatic carbocycles. The van der Waals surface area contributed by atoms with E-state index in [0.29, 0.717) is 24.4 Å². The molecule has 1 aliphatic heterocycles. The minimum absolute atomic E-state index is 0.292. The van der Waals surface area contributed by atoms with Crippen molar-refractivity contribution in [1.29, 1.82) is 0 Å². The third-order valence-electron chi connectivity index (χ3n) is 5.35. The largest absolute Gasteiger partial charge is 0.326 e. The number of aryl methyl sites for hydroxylation is 1. The molecular weight excluding hydrogens is 366 g/mol. The van der Waals surface area contributed by atoms with Crippen LogP contribution < -0.4 is 10.6 Å². The first-order valence-electron chi connectivity index (χ1n) is 10.0. The molecule has 152 valence electrons. The van der Waals surface area contributed by atoms with Crippen LogP contribution in [-0.2, 0) is 16.0 Å². The van der Waals surface area contributed by atoms with E-state index in [1.807, 2.05) is 54.6 Å². The summed E-state index contributed by atoms with van der Waals surface area (Å²) in [5.74, 6) is -0.291. The molecule has 29 heavy (non-hydrogen) atoms. The van der Waals surface area contributed by atoms with Gasteiger partial charge in [0.1, 0.15) is 12.6 Å². The van der Waals surface area contributed by atoms with Crippen molar-refractivity contribution in [2.75, 3.05) is 11.9 Å². The lowest BCUT2D eigenvalue weighted by molar-refractivity contribution is -0.130. The predicted octanol–water partition coefficient (Wildman–Crippen LogP) is 3.69. The van der Waals surface area contributed by atoms with Gasteiger partial charge in [-0.1, -0.05) is 56.3 Å². The molecule has 1 saturated heterocycles. The second kappa shape index (κ2) is 9.37. The fourth-order valence-corrected chi connectivity index (χ4v) is 3.35. The zero-order valence-electron chi connectivity index (χ0n) is 16.9. The smallest absolute Gasteiger partial charge is 0.325 e. The van der Waals surface area contributed by atoms with Crippen molar-refractivity contribution in [2.45, 2.75) is 45.1 Å². The minimum Gasteiger partial charge on any atom is -0.326 e. The first-order valence-corrected chi connectivity index (χ1v) is 10.0. The molecule has 0 bridgehead atoms. The average molecular weight is 393 g/mol. The Hall–Kier alpha value is -3.15. The molecule has 6 heteroatoms. The van der Waals surface area contributed by atoms with Crippen molar-refractivity contribution in [3.63, 3.8) is 0 Å². The average Bonchev–Trinajstić information content (AvgIpc) is 3.00. The lowest BCUT2D eigenvalue weighted by atomic mass is 9.99. The molecule has 0 spiro atoms. The van der Waals surface area contributed by atoms with E-state index in [1.165, 1.54) is 5.56 Å². The van der Waals surface area contributed by atoms with E-state index in [4.69, 9.17) is 0 Å². The Morgan fingerprint density at radius 1 is 1.10 bits per heavy atom. The van der Waals surface area contributed by atoms with Crippen LogP contribution in [0.3, 0.4) is 0 Å². The Bertz CT molecular complexity index is 865. The Balaban J connectivity index is 1.53.